The first-order valence-corrected chi connectivity index (χ1v) is 8.10. The Kier molecular flexibility index (Phi) is 4.18. The Morgan fingerprint density at radius 2 is 2.08 bits per heavy atom. The minimum Gasteiger partial charge on any atom is -0.508 e. The van der Waals surface area contributed by atoms with Crippen LogP contribution in [0.25, 0.3) is 22.6 Å². The zero-order valence-electron chi connectivity index (χ0n) is 13.3. The summed E-state index contributed by atoms with van der Waals surface area (Å²) in [6.07, 6.45) is 0. The molecule has 9 heteroatoms. The third-order valence-corrected chi connectivity index (χ3v) is 4.41. The maximum atomic E-state index is 12.8. The van der Waals surface area contributed by atoms with Crippen LogP contribution < -0.4 is 5.32 Å². The number of aromatic nitrogens is 4. The quantitative estimate of drug-likeness (QED) is 0.456. The number of alkyl halides is 1. The normalized spacial score (nSPS) is 11.2. The summed E-state index contributed by atoms with van der Waals surface area (Å²) in [6.45, 7) is -0.328. The largest absolute Gasteiger partial charge is 0.508 e. The van der Waals surface area contributed by atoms with E-state index in [1.807, 2.05) is 12.1 Å². The molecule has 0 radical (unpaired) electrons. The van der Waals surface area contributed by atoms with E-state index in [-0.39, 0.29) is 11.3 Å². The van der Waals surface area contributed by atoms with E-state index >= 15 is 0 Å². The van der Waals surface area contributed by atoms with E-state index < -0.39 is 6.67 Å². The van der Waals surface area contributed by atoms with E-state index in [0.717, 1.165) is 10.9 Å². The van der Waals surface area contributed by atoms with Gasteiger partial charge < -0.3 is 14.8 Å². The molecule has 2 aromatic heterocycles. The van der Waals surface area contributed by atoms with Crippen molar-refractivity contribution >= 4 is 28.3 Å². The van der Waals surface area contributed by atoms with E-state index in [4.69, 9.17) is 16.0 Å². The average Bonchev–Trinajstić information content (AvgIpc) is 3.32. The molecule has 0 bridgehead atoms. The van der Waals surface area contributed by atoms with E-state index in [1.165, 1.54) is 6.07 Å². The van der Waals surface area contributed by atoms with Crippen LogP contribution in [0.2, 0.25) is 5.02 Å². The number of aromatic amines is 1. The highest BCUT2D eigenvalue weighted by molar-refractivity contribution is 6.35. The summed E-state index contributed by atoms with van der Waals surface area (Å²) in [6, 6.07) is 10.2. The van der Waals surface area contributed by atoms with Gasteiger partial charge in [-0.3, -0.25) is 0 Å². The van der Waals surface area contributed by atoms with Crippen molar-refractivity contribution in [3.05, 3.63) is 52.5 Å². The topological polar surface area (TPSA) is 99.9 Å². The van der Waals surface area contributed by atoms with Crippen molar-refractivity contribution < 1.29 is 13.9 Å². The van der Waals surface area contributed by atoms with E-state index in [1.54, 1.807) is 18.2 Å². The number of hydrogen-bond donors (Lipinski definition) is 3. The van der Waals surface area contributed by atoms with Gasteiger partial charge in [-0.25, -0.2) is 9.49 Å². The number of rotatable bonds is 5. The molecule has 0 aliphatic carbocycles. The van der Waals surface area contributed by atoms with Crippen molar-refractivity contribution in [2.45, 2.75) is 13.2 Å². The molecule has 26 heavy (non-hydrogen) atoms. The third kappa shape index (κ3) is 2.95. The molecule has 3 N–H and O–H groups in total. The predicted molar refractivity (Wildman–Crippen MR) is 94.6 cm³/mol. The maximum Gasteiger partial charge on any atom is 0.215 e. The summed E-state index contributed by atoms with van der Waals surface area (Å²) in [4.78, 5) is 0. The molecular weight excluding hydrogens is 361 g/mol. The van der Waals surface area contributed by atoms with E-state index in [0.29, 0.717) is 34.4 Å². The molecule has 132 valence electrons. The van der Waals surface area contributed by atoms with Gasteiger partial charge in [0.15, 0.2) is 11.3 Å². The minimum absolute atomic E-state index is 0.0671. The van der Waals surface area contributed by atoms with Gasteiger partial charge in [0.1, 0.15) is 12.4 Å². The van der Waals surface area contributed by atoms with Crippen LogP contribution in [0.1, 0.15) is 11.1 Å². The molecular formula is C17H13ClFN5O2. The highest BCUT2D eigenvalue weighted by Gasteiger charge is 2.14. The summed E-state index contributed by atoms with van der Waals surface area (Å²) in [5.74, 6) is 0.838. The van der Waals surface area contributed by atoms with Gasteiger partial charge in [0.05, 0.1) is 5.02 Å². The number of anilines is 1. The Bertz CT molecular complexity index is 1060. The Morgan fingerprint density at radius 1 is 1.19 bits per heavy atom. The number of phenolic OH excluding ortho intramolecular Hbond substituents is 1. The van der Waals surface area contributed by atoms with Crippen molar-refractivity contribution in [3.63, 3.8) is 0 Å². The van der Waals surface area contributed by atoms with Crippen molar-refractivity contribution in [1.82, 2.24) is 20.6 Å². The standard InChI is InChI=1S/C17H13ClFN5O2/c18-15-10(8-20-12-3-4-13(25)11(5-12)7-19)2-1-9-6-14(26-16(9)15)17-21-23-24-22-17/h1-6,20,25H,7-8H2,(H,21,22,23,24). The highest BCUT2D eigenvalue weighted by atomic mass is 35.5. The molecule has 0 atom stereocenters. The maximum absolute atomic E-state index is 12.8. The van der Waals surface area contributed by atoms with Crippen LogP contribution in [-0.4, -0.2) is 25.7 Å². The zero-order valence-corrected chi connectivity index (χ0v) is 14.1. The molecule has 0 spiro atoms. The molecule has 0 fully saturated rings. The minimum atomic E-state index is -0.736. The van der Waals surface area contributed by atoms with Gasteiger partial charge in [-0.1, -0.05) is 23.7 Å². The fourth-order valence-corrected chi connectivity index (χ4v) is 2.90. The monoisotopic (exact) mass is 373 g/mol. The summed E-state index contributed by atoms with van der Waals surface area (Å²) < 4.78 is 18.6. The van der Waals surface area contributed by atoms with Gasteiger partial charge in [-0.15, -0.1) is 5.10 Å². The fraction of sp³-hybridized carbons (Fsp3) is 0.118. The molecule has 4 rings (SSSR count). The lowest BCUT2D eigenvalue weighted by atomic mass is 10.1. The average molecular weight is 374 g/mol. The van der Waals surface area contributed by atoms with Gasteiger partial charge in [-0.2, -0.15) is 0 Å². The van der Waals surface area contributed by atoms with Gasteiger partial charge >= 0.3 is 0 Å². The molecule has 0 saturated carbocycles. The Hall–Kier alpha value is -3.13. The highest BCUT2D eigenvalue weighted by Crippen LogP contribution is 2.33. The second-order valence-electron chi connectivity index (χ2n) is 5.65. The predicted octanol–water partition coefficient (Wildman–Crippen LogP) is 4.05. The number of benzene rings is 2. The molecule has 2 heterocycles. The molecule has 0 amide bonds. The van der Waals surface area contributed by atoms with Gasteiger partial charge in [0.25, 0.3) is 0 Å². The molecule has 2 aromatic carbocycles. The molecule has 0 aliphatic rings. The van der Waals surface area contributed by atoms with Crippen LogP contribution in [-0.2, 0) is 13.2 Å². The first-order valence-electron chi connectivity index (χ1n) is 7.72. The van der Waals surface area contributed by atoms with Gasteiger partial charge in [-0.05, 0) is 40.3 Å². The number of furan rings is 1. The summed E-state index contributed by atoms with van der Waals surface area (Å²) in [7, 11) is 0. The number of phenols is 1. The Labute approximate surface area is 151 Å². The van der Waals surface area contributed by atoms with E-state index in [9.17, 15) is 9.50 Å². The lowest BCUT2D eigenvalue weighted by Crippen LogP contribution is -2.00. The molecule has 0 aliphatic heterocycles. The number of nitrogens with zero attached hydrogens (tertiary/aromatic N) is 3. The van der Waals surface area contributed by atoms with E-state index in [2.05, 4.69) is 25.9 Å². The number of tetrazole rings is 1. The first kappa shape index (κ1) is 16.3. The number of fused-ring (bicyclic) bond motifs is 1. The number of aromatic hydroxyl groups is 1. The van der Waals surface area contributed by atoms with Crippen molar-refractivity contribution in [3.8, 4) is 17.3 Å². The Morgan fingerprint density at radius 3 is 2.85 bits per heavy atom. The first-order chi connectivity index (χ1) is 12.7. The third-order valence-electron chi connectivity index (χ3n) is 3.99. The smallest absolute Gasteiger partial charge is 0.215 e. The SMILES string of the molecule is Oc1ccc(NCc2ccc3cc(-c4nnn[nH]4)oc3c2Cl)cc1CF. The number of H-pyrrole nitrogens is 1. The number of nitrogens with one attached hydrogen (secondary N) is 2. The fourth-order valence-electron chi connectivity index (χ4n) is 2.63. The number of halogens is 2. The van der Waals surface area contributed by atoms with Crippen molar-refractivity contribution in [2.24, 2.45) is 0 Å². The second-order valence-corrected chi connectivity index (χ2v) is 6.03. The molecule has 7 nitrogen and oxygen atoms in total. The summed E-state index contributed by atoms with van der Waals surface area (Å²) in [5, 5.41) is 27.5. The van der Waals surface area contributed by atoms with Crippen LogP contribution in [0.5, 0.6) is 5.75 Å². The van der Waals surface area contributed by atoms with Gasteiger partial charge in [0, 0.05) is 23.2 Å². The summed E-state index contributed by atoms with van der Waals surface area (Å²) in [5.41, 5.74) is 2.26. The molecule has 0 unspecified atom stereocenters. The number of hydrogen-bond acceptors (Lipinski definition) is 6. The van der Waals surface area contributed by atoms with Crippen LogP contribution in [0.4, 0.5) is 10.1 Å². The van der Waals surface area contributed by atoms with Crippen molar-refractivity contribution in [1.29, 1.82) is 0 Å². The van der Waals surface area contributed by atoms with Crippen LogP contribution >= 0.6 is 11.6 Å². The zero-order chi connectivity index (χ0) is 18.1. The Balaban J connectivity index is 1.60. The van der Waals surface area contributed by atoms with Crippen LogP contribution in [0.3, 0.4) is 0 Å². The van der Waals surface area contributed by atoms with Crippen molar-refractivity contribution in [2.75, 3.05) is 5.32 Å². The molecule has 0 saturated heterocycles. The summed E-state index contributed by atoms with van der Waals surface area (Å²) >= 11 is 6.47. The second kappa shape index (κ2) is 6.64. The van der Waals surface area contributed by atoms with Gasteiger partial charge in [0.2, 0.25) is 5.82 Å². The lowest BCUT2D eigenvalue weighted by Gasteiger charge is -2.10. The lowest BCUT2D eigenvalue weighted by molar-refractivity contribution is 0.433. The van der Waals surface area contributed by atoms with Crippen LogP contribution in [0.15, 0.2) is 40.8 Å². The molecule has 4 aromatic rings. The van der Waals surface area contributed by atoms with Crippen LogP contribution in [0, 0.1) is 0 Å².